The molecule has 0 bridgehead atoms. The maximum absolute atomic E-state index is 12.9. The number of Topliss-reactive ketones (excluding diaryl/α,β-unsaturated/α-hetero) is 1. The first kappa shape index (κ1) is 17.0. The Labute approximate surface area is 148 Å². The second-order valence-corrected chi connectivity index (χ2v) is 7.81. The van der Waals surface area contributed by atoms with Gasteiger partial charge in [0.05, 0.1) is 0 Å². The highest BCUT2D eigenvalue weighted by Gasteiger charge is 2.12. The Morgan fingerprint density at radius 2 is 1.96 bits per heavy atom. The van der Waals surface area contributed by atoms with Crippen molar-refractivity contribution >= 4 is 39.1 Å². The molecule has 3 nitrogen and oxygen atoms in total. The van der Waals surface area contributed by atoms with Crippen molar-refractivity contribution in [2.24, 2.45) is 0 Å². The molecule has 0 saturated carbocycles. The largest absolute Gasteiger partial charge is 0.294 e. The lowest BCUT2D eigenvalue weighted by Crippen LogP contribution is -1.99. The lowest BCUT2D eigenvalue weighted by molar-refractivity contribution is 0.0982. The molecule has 24 heavy (non-hydrogen) atoms. The fraction of sp³-hybridized carbons (Fsp3) is 0.278. The molecule has 1 aromatic carbocycles. The van der Waals surface area contributed by atoms with Crippen LogP contribution in [-0.4, -0.2) is 21.5 Å². The molecule has 3 aromatic rings. The minimum absolute atomic E-state index is 0.0472. The molecule has 124 valence electrons. The van der Waals surface area contributed by atoms with E-state index >= 15 is 0 Å². The topological polar surface area (TPSA) is 42.9 Å². The molecular weight excluding hydrogens is 343 g/mol. The van der Waals surface area contributed by atoms with E-state index in [1.807, 2.05) is 0 Å². The number of thioether (sulfide) groups is 1. The number of rotatable bonds is 6. The van der Waals surface area contributed by atoms with Gasteiger partial charge in [-0.15, -0.1) is 23.1 Å². The van der Waals surface area contributed by atoms with E-state index in [1.165, 1.54) is 34.7 Å². The quantitative estimate of drug-likeness (QED) is 0.262. The molecule has 0 aliphatic carbocycles. The summed E-state index contributed by atoms with van der Waals surface area (Å²) >= 11 is 3.35. The van der Waals surface area contributed by atoms with Crippen LogP contribution in [0, 0.1) is 19.7 Å². The summed E-state index contributed by atoms with van der Waals surface area (Å²) < 4.78 is 12.9. The van der Waals surface area contributed by atoms with Crippen molar-refractivity contribution in [2.45, 2.75) is 31.7 Å². The highest BCUT2D eigenvalue weighted by atomic mass is 32.2. The van der Waals surface area contributed by atoms with Crippen molar-refractivity contribution in [2.75, 3.05) is 5.75 Å². The summed E-state index contributed by atoms with van der Waals surface area (Å²) in [4.78, 5) is 23.1. The van der Waals surface area contributed by atoms with E-state index in [1.54, 1.807) is 29.4 Å². The first-order chi connectivity index (χ1) is 11.6. The van der Waals surface area contributed by atoms with Gasteiger partial charge in [-0.3, -0.25) is 4.79 Å². The lowest BCUT2D eigenvalue weighted by atomic mass is 10.1. The van der Waals surface area contributed by atoms with Gasteiger partial charge in [-0.25, -0.2) is 14.4 Å². The molecule has 0 aliphatic heterocycles. The van der Waals surface area contributed by atoms with Crippen molar-refractivity contribution in [1.82, 2.24) is 9.97 Å². The Morgan fingerprint density at radius 1 is 1.21 bits per heavy atom. The Kier molecular flexibility index (Phi) is 5.26. The second kappa shape index (κ2) is 7.40. The van der Waals surface area contributed by atoms with E-state index in [4.69, 9.17) is 0 Å². The van der Waals surface area contributed by atoms with E-state index < -0.39 is 0 Å². The average molecular weight is 360 g/mol. The Bertz CT molecular complexity index is 875. The Hall–Kier alpha value is -1.79. The number of aryl methyl sites for hydroxylation is 2. The van der Waals surface area contributed by atoms with Gasteiger partial charge in [0.15, 0.2) is 5.78 Å². The summed E-state index contributed by atoms with van der Waals surface area (Å²) in [7, 11) is 0. The zero-order chi connectivity index (χ0) is 17.1. The fourth-order valence-electron chi connectivity index (χ4n) is 2.44. The van der Waals surface area contributed by atoms with Crippen molar-refractivity contribution in [3.8, 4) is 0 Å². The highest BCUT2D eigenvalue weighted by Crippen LogP contribution is 2.34. The van der Waals surface area contributed by atoms with Crippen LogP contribution in [0.2, 0.25) is 0 Å². The van der Waals surface area contributed by atoms with E-state index in [0.717, 1.165) is 27.4 Å². The minimum atomic E-state index is -0.323. The van der Waals surface area contributed by atoms with Gasteiger partial charge in [-0.05, 0) is 55.9 Å². The van der Waals surface area contributed by atoms with Crippen molar-refractivity contribution in [3.05, 3.63) is 52.4 Å². The van der Waals surface area contributed by atoms with Crippen LogP contribution in [0.15, 0.2) is 35.6 Å². The SMILES string of the molecule is Cc1sc2ncnc(SCCCC(=O)c3ccc(F)cc3)c2c1C. The van der Waals surface area contributed by atoms with Crippen molar-refractivity contribution in [3.63, 3.8) is 0 Å². The van der Waals surface area contributed by atoms with Gasteiger partial charge in [0.25, 0.3) is 0 Å². The monoisotopic (exact) mass is 360 g/mol. The number of thiophene rings is 1. The van der Waals surface area contributed by atoms with E-state index in [9.17, 15) is 9.18 Å². The minimum Gasteiger partial charge on any atom is -0.294 e. The molecule has 0 fully saturated rings. The van der Waals surface area contributed by atoms with Crippen molar-refractivity contribution < 1.29 is 9.18 Å². The molecule has 0 N–H and O–H groups in total. The number of halogens is 1. The number of carbonyl (C=O) groups is 1. The molecule has 0 atom stereocenters. The highest BCUT2D eigenvalue weighted by molar-refractivity contribution is 7.99. The molecule has 0 spiro atoms. The zero-order valence-corrected chi connectivity index (χ0v) is 15.1. The molecule has 0 saturated heterocycles. The number of ketones is 1. The van der Waals surface area contributed by atoms with Crippen LogP contribution in [0.3, 0.4) is 0 Å². The molecule has 0 radical (unpaired) electrons. The van der Waals surface area contributed by atoms with Gasteiger partial charge in [-0.1, -0.05) is 0 Å². The summed E-state index contributed by atoms with van der Waals surface area (Å²) in [5.74, 6) is 0.537. The maximum atomic E-state index is 12.9. The molecule has 3 rings (SSSR count). The number of fused-ring (bicyclic) bond motifs is 1. The molecule has 2 aromatic heterocycles. The Morgan fingerprint density at radius 3 is 2.71 bits per heavy atom. The maximum Gasteiger partial charge on any atom is 0.162 e. The molecule has 0 unspecified atom stereocenters. The standard InChI is InChI=1S/C18H17FN2OS2/c1-11-12(2)24-18-16(11)17(20-10-21-18)23-9-3-4-15(22)13-5-7-14(19)8-6-13/h5-8,10H,3-4,9H2,1-2H3. The van der Waals surface area contributed by atoms with Crippen LogP contribution < -0.4 is 0 Å². The Balaban J connectivity index is 1.59. The molecular formula is C18H17FN2OS2. The van der Waals surface area contributed by atoms with Crippen LogP contribution in [0.4, 0.5) is 4.39 Å². The van der Waals surface area contributed by atoms with Gasteiger partial charge in [-0.2, -0.15) is 0 Å². The van der Waals surface area contributed by atoms with Gasteiger partial charge >= 0.3 is 0 Å². The number of hydrogen-bond acceptors (Lipinski definition) is 5. The first-order valence-corrected chi connectivity index (χ1v) is 9.48. The third-order valence-corrected chi connectivity index (χ3v) is 6.07. The van der Waals surface area contributed by atoms with Crippen LogP contribution in [0.25, 0.3) is 10.2 Å². The van der Waals surface area contributed by atoms with Gasteiger partial charge in [0, 0.05) is 22.2 Å². The predicted molar refractivity (Wildman–Crippen MR) is 97.6 cm³/mol. The number of nitrogens with zero attached hydrogens (tertiary/aromatic N) is 2. The number of aromatic nitrogens is 2. The molecule has 0 aliphatic rings. The van der Waals surface area contributed by atoms with E-state index in [2.05, 4.69) is 23.8 Å². The third kappa shape index (κ3) is 3.65. The zero-order valence-electron chi connectivity index (χ0n) is 13.5. The molecule has 2 heterocycles. The fourth-order valence-corrected chi connectivity index (χ4v) is 4.50. The van der Waals surface area contributed by atoms with Crippen LogP contribution in [-0.2, 0) is 0 Å². The van der Waals surface area contributed by atoms with Gasteiger partial charge < -0.3 is 0 Å². The van der Waals surface area contributed by atoms with Crippen LogP contribution in [0.1, 0.15) is 33.6 Å². The normalized spacial score (nSPS) is 11.1. The smallest absolute Gasteiger partial charge is 0.162 e. The molecule has 0 amide bonds. The number of carbonyl (C=O) groups excluding carboxylic acids is 1. The predicted octanol–water partition coefficient (Wildman–Crippen LogP) is 5.20. The number of hydrogen-bond donors (Lipinski definition) is 0. The summed E-state index contributed by atoms with van der Waals surface area (Å²) in [6, 6.07) is 5.72. The van der Waals surface area contributed by atoms with Crippen molar-refractivity contribution in [1.29, 1.82) is 0 Å². The van der Waals surface area contributed by atoms with Gasteiger partial charge in [0.1, 0.15) is 22.0 Å². The summed E-state index contributed by atoms with van der Waals surface area (Å²) in [6.07, 6.45) is 2.81. The summed E-state index contributed by atoms with van der Waals surface area (Å²) in [6.45, 7) is 4.19. The third-order valence-electron chi connectivity index (χ3n) is 3.88. The second-order valence-electron chi connectivity index (χ2n) is 5.52. The number of benzene rings is 1. The van der Waals surface area contributed by atoms with Crippen LogP contribution in [0.5, 0.6) is 0 Å². The first-order valence-electron chi connectivity index (χ1n) is 7.68. The van der Waals surface area contributed by atoms with E-state index in [0.29, 0.717) is 12.0 Å². The summed E-state index contributed by atoms with van der Waals surface area (Å²) in [5, 5.41) is 2.12. The lowest BCUT2D eigenvalue weighted by Gasteiger charge is -2.04. The summed E-state index contributed by atoms with van der Waals surface area (Å²) in [5.41, 5.74) is 1.80. The van der Waals surface area contributed by atoms with Gasteiger partial charge in [0.2, 0.25) is 0 Å². The molecule has 6 heteroatoms. The van der Waals surface area contributed by atoms with E-state index in [-0.39, 0.29) is 11.6 Å². The average Bonchev–Trinajstić information content (AvgIpc) is 2.87. The van der Waals surface area contributed by atoms with Crippen LogP contribution >= 0.6 is 23.1 Å².